The van der Waals surface area contributed by atoms with Crippen LogP contribution in [0, 0.1) is 0 Å². The van der Waals surface area contributed by atoms with Crippen LogP contribution in [-0.2, 0) is 19.2 Å². The summed E-state index contributed by atoms with van der Waals surface area (Å²) in [5.74, 6) is 3.54. The Hall–Kier alpha value is -2.24. The Morgan fingerprint density at radius 2 is 1.16 bits per heavy atom. The van der Waals surface area contributed by atoms with Crippen molar-refractivity contribution in [2.24, 2.45) is 5.84 Å². The molecular weight excluding hydrogens is 490 g/mol. The van der Waals surface area contributed by atoms with E-state index in [1.165, 1.54) is 32.1 Å². The zero-order valence-electron chi connectivity index (χ0n) is 23.5. The van der Waals surface area contributed by atoms with Crippen LogP contribution in [0.3, 0.4) is 0 Å². The molecule has 1 atom stereocenters. The minimum Gasteiger partial charge on any atom is -0.481 e. The van der Waals surface area contributed by atoms with E-state index >= 15 is 0 Å². The van der Waals surface area contributed by atoms with Gasteiger partial charge in [0.15, 0.2) is 0 Å². The highest BCUT2D eigenvalue weighted by molar-refractivity contribution is 5.76. The molecule has 38 heavy (non-hydrogen) atoms. The number of carbonyl (C=O) groups excluding carboxylic acids is 2. The quantitative estimate of drug-likeness (QED) is 0.0517. The molecule has 222 valence electrons. The molecule has 0 aromatic rings. The zero-order valence-corrected chi connectivity index (χ0v) is 23.5. The van der Waals surface area contributed by atoms with Crippen LogP contribution in [0.5, 0.6) is 0 Å². The number of carboxylic acid groups (broad SMARTS) is 2. The zero-order chi connectivity index (χ0) is 28.4. The fourth-order valence-electron chi connectivity index (χ4n) is 4.10. The van der Waals surface area contributed by atoms with Crippen molar-refractivity contribution in [3.63, 3.8) is 0 Å². The predicted octanol–water partition coefficient (Wildman–Crippen LogP) is 2.78. The number of amides is 2. The van der Waals surface area contributed by atoms with Crippen molar-refractivity contribution in [2.75, 3.05) is 33.2 Å². The molecule has 0 aromatic heterocycles. The van der Waals surface area contributed by atoms with Crippen LogP contribution in [-0.4, -0.2) is 78.1 Å². The maximum atomic E-state index is 12.0. The van der Waals surface area contributed by atoms with Gasteiger partial charge in [0.25, 0.3) is 0 Å². The van der Waals surface area contributed by atoms with E-state index in [9.17, 15) is 19.2 Å². The van der Waals surface area contributed by atoms with Crippen LogP contribution in [0.15, 0.2) is 0 Å². The summed E-state index contributed by atoms with van der Waals surface area (Å²) in [5, 5.41) is 23.3. The highest BCUT2D eigenvalue weighted by Crippen LogP contribution is 2.12. The van der Waals surface area contributed by atoms with Crippen molar-refractivity contribution in [1.29, 1.82) is 0 Å². The van der Waals surface area contributed by atoms with Crippen molar-refractivity contribution in [2.45, 2.75) is 115 Å². The van der Waals surface area contributed by atoms with E-state index < -0.39 is 18.0 Å². The van der Waals surface area contributed by atoms with E-state index in [1.54, 1.807) is 0 Å². The monoisotopic (exact) mass is 543 g/mol. The van der Waals surface area contributed by atoms with Crippen LogP contribution in [0.1, 0.15) is 109 Å². The number of hydrazine groups is 1. The van der Waals surface area contributed by atoms with Gasteiger partial charge in [0.2, 0.25) is 11.8 Å². The van der Waals surface area contributed by atoms with Crippen LogP contribution >= 0.6 is 0 Å². The van der Waals surface area contributed by atoms with Crippen LogP contribution in [0.25, 0.3) is 0 Å². The molecule has 0 spiro atoms. The molecule has 0 saturated carbocycles. The number of carboxylic acids is 2. The Morgan fingerprint density at radius 3 is 1.68 bits per heavy atom. The van der Waals surface area contributed by atoms with Gasteiger partial charge >= 0.3 is 11.9 Å². The van der Waals surface area contributed by atoms with Crippen molar-refractivity contribution in [3.05, 3.63) is 0 Å². The van der Waals surface area contributed by atoms with Crippen LogP contribution < -0.4 is 21.9 Å². The van der Waals surface area contributed by atoms with E-state index in [1.807, 2.05) is 11.9 Å². The second kappa shape index (κ2) is 25.1. The van der Waals surface area contributed by atoms with E-state index in [0.29, 0.717) is 58.3 Å². The molecule has 2 amide bonds. The van der Waals surface area contributed by atoms with E-state index in [4.69, 9.17) is 16.1 Å². The van der Waals surface area contributed by atoms with Gasteiger partial charge in [-0.15, -0.1) is 0 Å². The number of nitrogens with zero attached hydrogens (tertiary/aromatic N) is 1. The molecule has 0 unspecified atom stereocenters. The molecule has 0 radical (unpaired) electrons. The topological polar surface area (TPSA) is 174 Å². The van der Waals surface area contributed by atoms with Crippen molar-refractivity contribution < 1.29 is 29.4 Å². The number of hydrogen-bond donors (Lipinski definition) is 6. The maximum Gasteiger partial charge on any atom is 0.322 e. The molecule has 0 heterocycles. The standard InChI is InChI=1S/C27H53N5O6/c1-32(21-18-25(34)29-19-14-13-15-23(31-28)27(37)38)22-20-30-24(33)16-11-9-7-5-3-2-4-6-8-10-12-17-26(35)36/h23,31H,2-22,28H2,1H3,(H,29,34)(H,30,33)(H,35,36)(H,37,38)/t23-/m0/s1. The predicted molar refractivity (Wildman–Crippen MR) is 148 cm³/mol. The third kappa shape index (κ3) is 24.1. The average Bonchev–Trinajstić information content (AvgIpc) is 2.87. The lowest BCUT2D eigenvalue weighted by Gasteiger charge is -2.16. The SMILES string of the molecule is CN(CCNC(=O)CCCCCCCCCCCCCC(=O)O)CCC(=O)NCCCC[C@H](NN)C(=O)O. The summed E-state index contributed by atoms with van der Waals surface area (Å²) in [6, 6.07) is -0.762. The lowest BCUT2D eigenvalue weighted by atomic mass is 10.0. The Labute approximate surface area is 228 Å². The smallest absolute Gasteiger partial charge is 0.322 e. The van der Waals surface area contributed by atoms with E-state index in [2.05, 4.69) is 16.1 Å². The van der Waals surface area contributed by atoms with Crippen molar-refractivity contribution in [3.8, 4) is 0 Å². The van der Waals surface area contributed by atoms with Gasteiger partial charge in [0, 0.05) is 45.4 Å². The van der Waals surface area contributed by atoms with E-state index in [-0.39, 0.29) is 18.2 Å². The Kier molecular flexibility index (Phi) is 23.6. The molecule has 0 aliphatic carbocycles. The fraction of sp³-hybridized carbons (Fsp3) is 0.852. The van der Waals surface area contributed by atoms with Gasteiger partial charge in [-0.25, -0.2) is 5.43 Å². The van der Waals surface area contributed by atoms with Gasteiger partial charge in [-0.05, 0) is 39.2 Å². The number of unbranched alkanes of at least 4 members (excludes halogenated alkanes) is 11. The number of hydrogen-bond acceptors (Lipinski definition) is 7. The highest BCUT2D eigenvalue weighted by Gasteiger charge is 2.14. The minimum absolute atomic E-state index is 0.0411. The largest absolute Gasteiger partial charge is 0.481 e. The molecule has 0 aromatic carbocycles. The Balaban J connectivity index is 3.50. The number of aliphatic carboxylic acids is 2. The number of nitrogens with two attached hydrogens (primary N) is 1. The number of carbonyl (C=O) groups is 4. The molecule has 11 nitrogen and oxygen atoms in total. The average molecular weight is 544 g/mol. The normalized spacial score (nSPS) is 11.9. The number of nitrogens with one attached hydrogen (secondary N) is 3. The molecule has 0 aliphatic heterocycles. The summed E-state index contributed by atoms with van der Waals surface area (Å²) in [6.07, 6.45) is 15.1. The van der Waals surface area contributed by atoms with Gasteiger partial charge in [0.1, 0.15) is 6.04 Å². The first-order valence-corrected chi connectivity index (χ1v) is 14.4. The second-order valence-corrected chi connectivity index (χ2v) is 10.1. The Bertz CT molecular complexity index is 649. The second-order valence-electron chi connectivity index (χ2n) is 10.1. The lowest BCUT2D eigenvalue weighted by Crippen LogP contribution is -2.41. The summed E-state index contributed by atoms with van der Waals surface area (Å²) in [6.45, 7) is 2.35. The third-order valence-electron chi connectivity index (χ3n) is 6.57. The summed E-state index contributed by atoms with van der Waals surface area (Å²) in [4.78, 5) is 47.3. The molecule has 0 aliphatic rings. The van der Waals surface area contributed by atoms with Gasteiger partial charge < -0.3 is 25.7 Å². The summed E-state index contributed by atoms with van der Waals surface area (Å²) in [5.41, 5.74) is 2.26. The fourth-order valence-corrected chi connectivity index (χ4v) is 4.10. The Morgan fingerprint density at radius 1 is 0.658 bits per heavy atom. The molecule has 7 N–H and O–H groups in total. The van der Waals surface area contributed by atoms with Crippen LogP contribution in [0.4, 0.5) is 0 Å². The summed E-state index contributed by atoms with van der Waals surface area (Å²) < 4.78 is 0. The van der Waals surface area contributed by atoms with Crippen molar-refractivity contribution >= 4 is 23.8 Å². The first-order valence-electron chi connectivity index (χ1n) is 14.4. The van der Waals surface area contributed by atoms with Gasteiger partial charge in [0.05, 0.1) is 0 Å². The highest BCUT2D eigenvalue weighted by atomic mass is 16.4. The first kappa shape index (κ1) is 35.8. The van der Waals surface area contributed by atoms with Gasteiger partial charge in [-0.1, -0.05) is 57.8 Å². The number of rotatable bonds is 27. The van der Waals surface area contributed by atoms with Gasteiger partial charge in [-0.2, -0.15) is 0 Å². The van der Waals surface area contributed by atoms with Crippen LogP contribution in [0.2, 0.25) is 0 Å². The van der Waals surface area contributed by atoms with E-state index in [0.717, 1.165) is 38.5 Å². The molecule has 0 bridgehead atoms. The summed E-state index contributed by atoms with van der Waals surface area (Å²) in [7, 11) is 1.92. The molecule has 0 rings (SSSR count). The van der Waals surface area contributed by atoms with Crippen molar-refractivity contribution in [1.82, 2.24) is 21.0 Å². The molecule has 0 fully saturated rings. The third-order valence-corrected chi connectivity index (χ3v) is 6.57. The first-order chi connectivity index (χ1) is 18.3. The maximum absolute atomic E-state index is 12.0. The molecule has 11 heteroatoms. The minimum atomic E-state index is -0.978. The van der Waals surface area contributed by atoms with Gasteiger partial charge in [-0.3, -0.25) is 25.0 Å². The lowest BCUT2D eigenvalue weighted by molar-refractivity contribution is -0.140. The summed E-state index contributed by atoms with van der Waals surface area (Å²) >= 11 is 0. The molecule has 0 saturated heterocycles. The number of likely N-dealkylation sites (N-methyl/N-ethyl adjacent to an activating group) is 1. The molecular formula is C27H53N5O6.